The van der Waals surface area contributed by atoms with Crippen LogP contribution < -0.4 is 26.4 Å². The summed E-state index contributed by atoms with van der Waals surface area (Å²) in [5, 5.41) is 20.4. The topological polar surface area (TPSA) is 196 Å². The van der Waals surface area contributed by atoms with E-state index in [4.69, 9.17) is 19.7 Å². The third kappa shape index (κ3) is 6.46. The van der Waals surface area contributed by atoms with Gasteiger partial charge in [-0.25, -0.2) is 0 Å². The molecule has 0 radical (unpaired) electrons. The summed E-state index contributed by atoms with van der Waals surface area (Å²) in [5.74, 6) is -1.03. The van der Waals surface area contributed by atoms with Crippen LogP contribution in [-0.4, -0.2) is 65.4 Å². The Balaban J connectivity index is 1.61. The molecule has 206 valence electrons. The zero-order valence-corrected chi connectivity index (χ0v) is 21.8. The SMILES string of the molecule is CCC(C(=O)NCCOC)c1nc(-c2cccc(Nc3cc(NC(=O)C4CC4)nnc3C(N)=O)c2OC)no1. The number of anilines is 3. The summed E-state index contributed by atoms with van der Waals surface area (Å²) in [7, 11) is 3.01. The van der Waals surface area contributed by atoms with Gasteiger partial charge in [-0.15, -0.1) is 10.2 Å². The van der Waals surface area contributed by atoms with E-state index in [1.165, 1.54) is 13.2 Å². The molecule has 1 atom stereocenters. The van der Waals surface area contributed by atoms with Crippen molar-refractivity contribution >= 4 is 34.9 Å². The fourth-order valence-electron chi connectivity index (χ4n) is 3.84. The number of para-hydroxylation sites is 1. The Morgan fingerprint density at radius 1 is 1.18 bits per heavy atom. The van der Waals surface area contributed by atoms with Crippen LogP contribution in [0.2, 0.25) is 0 Å². The first kappa shape index (κ1) is 27.4. The van der Waals surface area contributed by atoms with Crippen LogP contribution in [0, 0.1) is 5.92 Å². The summed E-state index contributed by atoms with van der Waals surface area (Å²) in [5.41, 5.74) is 6.49. The number of nitrogens with two attached hydrogens (primary N) is 1. The number of nitrogens with zero attached hydrogens (tertiary/aromatic N) is 4. The molecule has 2 heterocycles. The zero-order valence-electron chi connectivity index (χ0n) is 21.8. The molecule has 1 aliphatic carbocycles. The average Bonchev–Trinajstić information content (AvgIpc) is 3.67. The molecule has 5 N–H and O–H groups in total. The van der Waals surface area contributed by atoms with E-state index in [-0.39, 0.29) is 46.6 Å². The first-order valence-corrected chi connectivity index (χ1v) is 12.4. The largest absolute Gasteiger partial charge is 0.494 e. The third-order valence-electron chi connectivity index (χ3n) is 6.03. The van der Waals surface area contributed by atoms with E-state index in [1.54, 1.807) is 25.3 Å². The Bertz CT molecular complexity index is 1360. The number of benzene rings is 1. The van der Waals surface area contributed by atoms with E-state index >= 15 is 0 Å². The predicted molar refractivity (Wildman–Crippen MR) is 139 cm³/mol. The van der Waals surface area contributed by atoms with E-state index in [9.17, 15) is 14.4 Å². The fourth-order valence-corrected chi connectivity index (χ4v) is 3.84. The Kier molecular flexibility index (Phi) is 8.66. The number of ether oxygens (including phenoxy) is 2. The number of nitrogens with one attached hydrogen (secondary N) is 3. The number of carbonyl (C=O) groups excluding carboxylic acids is 3. The second-order valence-electron chi connectivity index (χ2n) is 8.83. The number of rotatable bonds is 13. The highest BCUT2D eigenvalue weighted by molar-refractivity contribution is 5.99. The molecule has 1 aliphatic rings. The van der Waals surface area contributed by atoms with Crippen molar-refractivity contribution in [2.24, 2.45) is 11.7 Å². The Hall–Kier alpha value is -4.59. The van der Waals surface area contributed by atoms with Crippen molar-refractivity contribution in [3.05, 3.63) is 35.9 Å². The minimum absolute atomic E-state index is 0.0422. The quantitative estimate of drug-likeness (QED) is 0.232. The molecule has 0 saturated heterocycles. The molecule has 1 saturated carbocycles. The summed E-state index contributed by atoms with van der Waals surface area (Å²) in [6, 6.07) is 6.62. The Labute approximate surface area is 224 Å². The van der Waals surface area contributed by atoms with Crippen molar-refractivity contribution in [1.82, 2.24) is 25.7 Å². The van der Waals surface area contributed by atoms with Gasteiger partial charge in [-0.05, 0) is 31.4 Å². The second kappa shape index (κ2) is 12.3. The molecule has 14 nitrogen and oxygen atoms in total. The fraction of sp³-hybridized carbons (Fsp3) is 0.400. The van der Waals surface area contributed by atoms with E-state index in [0.717, 1.165) is 12.8 Å². The van der Waals surface area contributed by atoms with Gasteiger partial charge in [-0.3, -0.25) is 14.4 Å². The van der Waals surface area contributed by atoms with Crippen molar-refractivity contribution < 1.29 is 28.4 Å². The summed E-state index contributed by atoms with van der Waals surface area (Å²) in [4.78, 5) is 41.3. The molecule has 2 aromatic heterocycles. The van der Waals surface area contributed by atoms with Gasteiger partial charge in [0.15, 0.2) is 17.3 Å². The maximum Gasteiger partial charge on any atom is 0.271 e. The van der Waals surface area contributed by atoms with Gasteiger partial charge in [0.2, 0.25) is 23.5 Å². The average molecular weight is 539 g/mol. The van der Waals surface area contributed by atoms with E-state index in [0.29, 0.717) is 36.6 Å². The zero-order chi connectivity index (χ0) is 27.9. The highest BCUT2D eigenvalue weighted by Gasteiger charge is 2.30. The maximum absolute atomic E-state index is 12.6. The van der Waals surface area contributed by atoms with Crippen molar-refractivity contribution in [2.75, 3.05) is 38.0 Å². The highest BCUT2D eigenvalue weighted by atomic mass is 16.5. The smallest absolute Gasteiger partial charge is 0.271 e. The number of hydrogen-bond donors (Lipinski definition) is 4. The Morgan fingerprint density at radius 3 is 2.64 bits per heavy atom. The highest BCUT2D eigenvalue weighted by Crippen LogP contribution is 2.38. The van der Waals surface area contributed by atoms with Gasteiger partial charge in [-0.2, -0.15) is 4.98 Å². The molecule has 0 bridgehead atoms. The number of carbonyl (C=O) groups is 3. The van der Waals surface area contributed by atoms with Gasteiger partial charge in [0.05, 0.1) is 30.7 Å². The van der Waals surface area contributed by atoms with E-state index < -0.39 is 11.8 Å². The van der Waals surface area contributed by atoms with Crippen LogP contribution in [0.1, 0.15) is 48.5 Å². The normalized spacial score (nSPS) is 13.4. The van der Waals surface area contributed by atoms with Crippen LogP contribution >= 0.6 is 0 Å². The van der Waals surface area contributed by atoms with Gasteiger partial charge in [0.25, 0.3) is 5.91 Å². The second-order valence-corrected chi connectivity index (χ2v) is 8.83. The molecule has 1 fully saturated rings. The first-order chi connectivity index (χ1) is 18.9. The lowest BCUT2D eigenvalue weighted by molar-refractivity contribution is -0.123. The number of hydrogen-bond acceptors (Lipinski definition) is 11. The van der Waals surface area contributed by atoms with Crippen LogP contribution in [0.25, 0.3) is 11.4 Å². The van der Waals surface area contributed by atoms with Crippen LogP contribution in [-0.2, 0) is 14.3 Å². The van der Waals surface area contributed by atoms with Crippen LogP contribution in [0.5, 0.6) is 5.75 Å². The molecule has 1 aromatic carbocycles. The van der Waals surface area contributed by atoms with E-state index in [2.05, 4.69) is 36.3 Å². The van der Waals surface area contributed by atoms with Gasteiger partial charge in [0, 0.05) is 25.6 Å². The van der Waals surface area contributed by atoms with Crippen molar-refractivity contribution in [2.45, 2.75) is 32.1 Å². The van der Waals surface area contributed by atoms with Crippen molar-refractivity contribution in [1.29, 1.82) is 0 Å². The predicted octanol–water partition coefficient (Wildman–Crippen LogP) is 1.98. The number of methoxy groups -OCH3 is 2. The van der Waals surface area contributed by atoms with Gasteiger partial charge in [-0.1, -0.05) is 18.1 Å². The molecule has 3 aromatic rings. The van der Waals surface area contributed by atoms with E-state index in [1.807, 2.05) is 6.92 Å². The summed E-state index contributed by atoms with van der Waals surface area (Å²) in [6.07, 6.45) is 2.09. The summed E-state index contributed by atoms with van der Waals surface area (Å²) >= 11 is 0. The minimum Gasteiger partial charge on any atom is -0.494 e. The molecule has 0 spiro atoms. The Morgan fingerprint density at radius 2 is 1.97 bits per heavy atom. The number of aromatic nitrogens is 4. The standard InChI is InChI=1S/C25H30N8O6/c1-4-14(24(36)27-10-11-37-2)25-30-22(33-39-25)15-6-5-7-16(20(15)38-3)28-17-12-18(29-23(35)13-8-9-13)31-32-19(17)21(26)34/h5-7,12-14H,4,8-11H2,1-3H3,(H2,26,34)(H,27,36)(H2,28,29,31,35). The molecule has 14 heteroatoms. The first-order valence-electron chi connectivity index (χ1n) is 12.4. The number of amides is 3. The molecule has 4 rings (SSSR count). The molecule has 0 aliphatic heterocycles. The monoisotopic (exact) mass is 538 g/mol. The molecular weight excluding hydrogens is 508 g/mol. The summed E-state index contributed by atoms with van der Waals surface area (Å²) < 4.78 is 16.1. The molecule has 39 heavy (non-hydrogen) atoms. The van der Waals surface area contributed by atoms with Crippen LogP contribution in [0.4, 0.5) is 17.2 Å². The molecule has 1 unspecified atom stereocenters. The van der Waals surface area contributed by atoms with Gasteiger partial charge < -0.3 is 35.7 Å². The summed E-state index contributed by atoms with van der Waals surface area (Å²) in [6.45, 7) is 2.58. The van der Waals surface area contributed by atoms with Gasteiger partial charge in [0.1, 0.15) is 5.92 Å². The van der Waals surface area contributed by atoms with Crippen molar-refractivity contribution in [3.63, 3.8) is 0 Å². The van der Waals surface area contributed by atoms with Crippen LogP contribution in [0.15, 0.2) is 28.8 Å². The number of primary amides is 1. The molecule has 3 amide bonds. The third-order valence-corrected chi connectivity index (χ3v) is 6.03. The lowest BCUT2D eigenvalue weighted by atomic mass is 10.1. The van der Waals surface area contributed by atoms with Crippen LogP contribution in [0.3, 0.4) is 0 Å². The molecular formula is C25H30N8O6. The van der Waals surface area contributed by atoms with Gasteiger partial charge >= 0.3 is 0 Å². The lowest BCUT2D eigenvalue weighted by Crippen LogP contribution is -2.31. The lowest BCUT2D eigenvalue weighted by Gasteiger charge is -2.15. The minimum atomic E-state index is -0.808. The van der Waals surface area contributed by atoms with Crippen molar-refractivity contribution in [3.8, 4) is 17.1 Å². The maximum atomic E-state index is 12.6.